The predicted octanol–water partition coefficient (Wildman–Crippen LogP) is 2.46. The van der Waals surface area contributed by atoms with Gasteiger partial charge in [-0.3, -0.25) is 0 Å². The second-order valence-electron chi connectivity index (χ2n) is 3.40. The SMILES string of the molecule is CCCOc1cc(C=CCN)ccc1OC. The molecule has 0 atom stereocenters. The molecule has 2 N–H and O–H groups in total. The van der Waals surface area contributed by atoms with Gasteiger partial charge in [-0.2, -0.15) is 0 Å². The number of benzene rings is 1. The van der Waals surface area contributed by atoms with Gasteiger partial charge in [0.25, 0.3) is 0 Å². The molecule has 0 amide bonds. The summed E-state index contributed by atoms with van der Waals surface area (Å²) in [4.78, 5) is 0. The van der Waals surface area contributed by atoms with E-state index in [4.69, 9.17) is 15.2 Å². The molecule has 1 rings (SSSR count). The third-order valence-electron chi connectivity index (χ3n) is 2.10. The number of rotatable bonds is 6. The molecule has 0 saturated heterocycles. The van der Waals surface area contributed by atoms with Crippen LogP contribution >= 0.6 is 0 Å². The maximum atomic E-state index is 5.61. The van der Waals surface area contributed by atoms with Crippen LogP contribution < -0.4 is 15.2 Å². The van der Waals surface area contributed by atoms with Crippen LogP contribution in [-0.2, 0) is 0 Å². The van der Waals surface area contributed by atoms with Gasteiger partial charge >= 0.3 is 0 Å². The van der Waals surface area contributed by atoms with Crippen LogP contribution in [0.2, 0.25) is 0 Å². The van der Waals surface area contributed by atoms with E-state index in [0.717, 1.165) is 23.5 Å². The summed E-state index contributed by atoms with van der Waals surface area (Å²) < 4.78 is 10.8. The van der Waals surface area contributed by atoms with E-state index in [2.05, 4.69) is 6.92 Å². The van der Waals surface area contributed by atoms with Crippen molar-refractivity contribution in [2.24, 2.45) is 5.73 Å². The van der Waals surface area contributed by atoms with E-state index >= 15 is 0 Å². The molecule has 0 fully saturated rings. The maximum absolute atomic E-state index is 5.61. The quantitative estimate of drug-likeness (QED) is 0.802. The normalized spacial score (nSPS) is 10.7. The van der Waals surface area contributed by atoms with Gasteiger partial charge in [-0.25, -0.2) is 0 Å². The van der Waals surface area contributed by atoms with Crippen molar-refractivity contribution in [1.82, 2.24) is 0 Å². The standard InChI is InChI=1S/C13H19NO2/c1-3-9-16-13-10-11(5-4-8-14)6-7-12(13)15-2/h4-7,10H,3,8-9,14H2,1-2H3. The van der Waals surface area contributed by atoms with Gasteiger partial charge in [-0.1, -0.05) is 25.1 Å². The van der Waals surface area contributed by atoms with Crippen LogP contribution in [0.5, 0.6) is 11.5 Å². The molecule has 0 spiro atoms. The summed E-state index contributed by atoms with van der Waals surface area (Å²) in [5, 5.41) is 0. The molecular formula is C13H19NO2. The van der Waals surface area contributed by atoms with E-state index in [-0.39, 0.29) is 0 Å². The first kappa shape index (κ1) is 12.6. The minimum Gasteiger partial charge on any atom is -0.493 e. The first-order valence-electron chi connectivity index (χ1n) is 5.49. The Hall–Kier alpha value is -1.48. The van der Waals surface area contributed by atoms with Crippen molar-refractivity contribution in [2.75, 3.05) is 20.3 Å². The third kappa shape index (κ3) is 3.59. The Morgan fingerprint density at radius 1 is 1.31 bits per heavy atom. The Morgan fingerprint density at radius 2 is 2.12 bits per heavy atom. The highest BCUT2D eigenvalue weighted by molar-refractivity contribution is 5.55. The summed E-state index contributed by atoms with van der Waals surface area (Å²) in [5.41, 5.74) is 6.47. The lowest BCUT2D eigenvalue weighted by Crippen LogP contribution is -1.98. The van der Waals surface area contributed by atoms with Gasteiger partial charge in [0.05, 0.1) is 13.7 Å². The van der Waals surface area contributed by atoms with E-state index in [0.29, 0.717) is 13.2 Å². The van der Waals surface area contributed by atoms with Crippen molar-refractivity contribution >= 4 is 6.08 Å². The minimum absolute atomic E-state index is 0.539. The largest absolute Gasteiger partial charge is 0.493 e. The molecule has 0 aromatic heterocycles. The highest BCUT2D eigenvalue weighted by Gasteiger charge is 2.03. The lowest BCUT2D eigenvalue weighted by molar-refractivity contribution is 0.294. The molecular weight excluding hydrogens is 202 g/mol. The summed E-state index contributed by atoms with van der Waals surface area (Å²) in [6.07, 6.45) is 4.86. The minimum atomic E-state index is 0.539. The third-order valence-corrected chi connectivity index (χ3v) is 2.10. The Morgan fingerprint density at radius 3 is 2.75 bits per heavy atom. The zero-order chi connectivity index (χ0) is 11.8. The van der Waals surface area contributed by atoms with E-state index < -0.39 is 0 Å². The molecule has 88 valence electrons. The molecule has 3 nitrogen and oxygen atoms in total. The topological polar surface area (TPSA) is 44.5 Å². The van der Waals surface area contributed by atoms with Gasteiger partial charge in [0.15, 0.2) is 11.5 Å². The molecule has 0 saturated carbocycles. The fourth-order valence-corrected chi connectivity index (χ4v) is 1.33. The number of hydrogen-bond donors (Lipinski definition) is 1. The lowest BCUT2D eigenvalue weighted by Gasteiger charge is -2.10. The van der Waals surface area contributed by atoms with E-state index in [1.54, 1.807) is 7.11 Å². The Balaban J connectivity index is 2.87. The van der Waals surface area contributed by atoms with Crippen LogP contribution in [0.25, 0.3) is 6.08 Å². The summed E-state index contributed by atoms with van der Waals surface area (Å²) >= 11 is 0. The first-order valence-corrected chi connectivity index (χ1v) is 5.49. The summed E-state index contributed by atoms with van der Waals surface area (Å²) in [6.45, 7) is 3.31. The number of ether oxygens (including phenoxy) is 2. The molecule has 0 unspecified atom stereocenters. The molecule has 0 bridgehead atoms. The van der Waals surface area contributed by atoms with Crippen molar-refractivity contribution in [2.45, 2.75) is 13.3 Å². The van der Waals surface area contributed by atoms with Gasteiger partial charge in [0.2, 0.25) is 0 Å². The van der Waals surface area contributed by atoms with Crippen molar-refractivity contribution < 1.29 is 9.47 Å². The fraction of sp³-hybridized carbons (Fsp3) is 0.385. The lowest BCUT2D eigenvalue weighted by atomic mass is 10.2. The molecule has 0 aliphatic heterocycles. The van der Waals surface area contributed by atoms with Gasteiger partial charge < -0.3 is 15.2 Å². The molecule has 0 aliphatic rings. The van der Waals surface area contributed by atoms with Crippen LogP contribution in [0.4, 0.5) is 0 Å². The second-order valence-corrected chi connectivity index (χ2v) is 3.40. The number of hydrogen-bond acceptors (Lipinski definition) is 3. The summed E-state index contributed by atoms with van der Waals surface area (Å²) in [6, 6.07) is 5.84. The van der Waals surface area contributed by atoms with Gasteiger partial charge in [-0.05, 0) is 24.1 Å². The van der Waals surface area contributed by atoms with Crippen LogP contribution in [0.3, 0.4) is 0 Å². The fourth-order valence-electron chi connectivity index (χ4n) is 1.33. The Kier molecular flexibility index (Phi) is 5.43. The van der Waals surface area contributed by atoms with Crippen LogP contribution in [0.15, 0.2) is 24.3 Å². The summed E-state index contributed by atoms with van der Waals surface area (Å²) in [5.74, 6) is 1.54. The summed E-state index contributed by atoms with van der Waals surface area (Å²) in [7, 11) is 1.64. The average molecular weight is 221 g/mol. The smallest absolute Gasteiger partial charge is 0.161 e. The van der Waals surface area contributed by atoms with Gasteiger partial charge in [0.1, 0.15) is 0 Å². The van der Waals surface area contributed by atoms with Crippen LogP contribution in [0.1, 0.15) is 18.9 Å². The van der Waals surface area contributed by atoms with Gasteiger partial charge in [-0.15, -0.1) is 0 Å². The zero-order valence-electron chi connectivity index (χ0n) is 9.90. The highest BCUT2D eigenvalue weighted by atomic mass is 16.5. The molecule has 0 radical (unpaired) electrons. The molecule has 16 heavy (non-hydrogen) atoms. The first-order chi connectivity index (χ1) is 7.81. The highest BCUT2D eigenvalue weighted by Crippen LogP contribution is 2.28. The van der Waals surface area contributed by atoms with E-state index in [1.165, 1.54) is 0 Å². The van der Waals surface area contributed by atoms with Crippen molar-refractivity contribution in [3.8, 4) is 11.5 Å². The Bertz CT molecular complexity index is 348. The predicted molar refractivity (Wildman–Crippen MR) is 66.9 cm³/mol. The average Bonchev–Trinajstić information content (AvgIpc) is 2.33. The Labute approximate surface area is 96.9 Å². The number of methoxy groups -OCH3 is 1. The van der Waals surface area contributed by atoms with Crippen LogP contribution in [0, 0.1) is 0 Å². The zero-order valence-corrected chi connectivity index (χ0v) is 9.90. The number of nitrogens with two attached hydrogens (primary N) is 1. The molecule has 3 heteroatoms. The van der Waals surface area contributed by atoms with Crippen LogP contribution in [-0.4, -0.2) is 20.3 Å². The van der Waals surface area contributed by atoms with Crippen molar-refractivity contribution in [3.63, 3.8) is 0 Å². The van der Waals surface area contributed by atoms with E-state index in [9.17, 15) is 0 Å². The molecule has 1 aromatic carbocycles. The second kappa shape index (κ2) is 6.90. The monoisotopic (exact) mass is 221 g/mol. The molecule has 0 aliphatic carbocycles. The maximum Gasteiger partial charge on any atom is 0.161 e. The molecule has 1 aromatic rings. The van der Waals surface area contributed by atoms with Gasteiger partial charge in [0, 0.05) is 6.54 Å². The van der Waals surface area contributed by atoms with Crippen molar-refractivity contribution in [1.29, 1.82) is 0 Å². The molecule has 0 heterocycles. The van der Waals surface area contributed by atoms with Crippen molar-refractivity contribution in [3.05, 3.63) is 29.8 Å². The van der Waals surface area contributed by atoms with E-state index in [1.807, 2.05) is 30.4 Å².